The van der Waals surface area contributed by atoms with Gasteiger partial charge in [-0.2, -0.15) is 36.9 Å². The van der Waals surface area contributed by atoms with Crippen molar-refractivity contribution in [3.8, 4) is 12.1 Å². The van der Waals surface area contributed by atoms with Gasteiger partial charge in [-0.1, -0.05) is 72.9 Å². The Morgan fingerprint density at radius 1 is 0.397 bits per heavy atom. The number of urea groups is 4. The monoisotopic (exact) mass is 1720 g/mol. The number of hydrogen-bond donors (Lipinski definition) is 4. The minimum absolute atomic E-state index is 0.0444. The van der Waals surface area contributed by atoms with Crippen LogP contribution in [0, 0.1) is 97.6 Å². The van der Waals surface area contributed by atoms with E-state index < -0.39 is 93.8 Å². The molecule has 0 unspecified atom stereocenters. The van der Waals surface area contributed by atoms with Crippen molar-refractivity contribution < 1.29 is 82.3 Å². The number of allylic oxidation sites excluding steroid dienone is 2. The van der Waals surface area contributed by atoms with Gasteiger partial charge < -0.3 is 10.6 Å². The van der Waals surface area contributed by atoms with Gasteiger partial charge in [0.05, 0.1) is 107 Å². The number of rotatable bonds is 10. The molecule has 34 heteroatoms. The molecule has 0 spiro atoms. The first kappa shape index (κ1) is 91.5. The second-order valence-electron chi connectivity index (χ2n) is 29.8. The molecular formula is C92H78F10N16O8. The summed E-state index contributed by atoms with van der Waals surface area (Å²) in [6, 6.07) is 34.0. The molecule has 8 atom stereocenters. The molecular weight excluding hydrogens is 1650 g/mol. The SMILES string of the molecule is Cc1ccc(N2C(=O)N(c3ccc(C#N)c(C(F)(F)F)c3)[C@@H]3C=CCC[C@H]32)cc1F.Cc1ccc(N2C(=O)N(c3ccc(C#N)c(C(F)(F)F)c3)[C@@H]3CC=CC[C@H]32)cc1F.N=C=O.N=C=O.[C-]#[N+]c1ccc(N2C(=O)N(c3ccc(C(=O)NC)c(F)c3)[C@H]3CC=CC[C@@H]32)cc1C.[C-]#[N+]c1ccc(N2C(=O)N(c3ccc(C(=O)NC)c(F)c3)[C@H]3CCC=C[C@@H]32)cc1C. The number of nitriles is 2. The summed E-state index contributed by atoms with van der Waals surface area (Å²) >= 11 is 0. The van der Waals surface area contributed by atoms with Gasteiger partial charge in [-0.05, 0) is 223 Å². The second kappa shape index (κ2) is 38.9. The van der Waals surface area contributed by atoms with Crippen molar-refractivity contribution in [2.45, 2.75) is 140 Å². The van der Waals surface area contributed by atoms with E-state index in [0.717, 1.165) is 66.1 Å². The van der Waals surface area contributed by atoms with Crippen LogP contribution in [0.3, 0.4) is 0 Å². The van der Waals surface area contributed by atoms with E-state index in [-0.39, 0.29) is 70.8 Å². The minimum Gasteiger partial charge on any atom is -0.355 e. The van der Waals surface area contributed by atoms with Crippen LogP contribution in [-0.2, 0) is 21.9 Å². The fourth-order valence-corrected chi connectivity index (χ4v) is 16.6. The van der Waals surface area contributed by atoms with Crippen molar-refractivity contribution in [3.05, 3.63) is 296 Å². The molecule has 0 bridgehead atoms. The molecule has 8 aromatic rings. The molecule has 126 heavy (non-hydrogen) atoms. The quantitative estimate of drug-likeness (QED) is 0.0330. The number of anilines is 8. The number of carbonyl (C=O) groups is 6. The van der Waals surface area contributed by atoms with Crippen LogP contribution in [0.1, 0.15) is 117 Å². The Hall–Kier alpha value is -15.2. The van der Waals surface area contributed by atoms with Gasteiger partial charge in [0.2, 0.25) is 12.2 Å². The Labute approximate surface area is 717 Å². The maximum Gasteiger partial charge on any atom is 0.417 e. The lowest BCUT2D eigenvalue weighted by Crippen LogP contribution is -2.38. The minimum atomic E-state index is -4.73. The molecule has 24 nitrogen and oxygen atoms in total. The second-order valence-corrected chi connectivity index (χ2v) is 29.8. The maximum absolute atomic E-state index is 14.6. The van der Waals surface area contributed by atoms with Gasteiger partial charge in [-0.3, -0.25) is 48.8 Å². The third-order valence-corrected chi connectivity index (χ3v) is 22.5. The molecule has 4 heterocycles. The Morgan fingerprint density at radius 2 is 0.667 bits per heavy atom. The Bertz CT molecular complexity index is 5880. The standard InChI is InChI=1S/2C23H21FN4O2.2C22H17F4N3O.2CHNO/c2*1-14-12-15(9-11-19(14)25-2)27-20-6-4-5-7-21(20)28(23(27)30)16-8-10-17(18(24)13-16)22(29)26-3;2*1-13-6-8-16(11-18(13)23)29-20-5-3-2-4-19(20)28(21(29)30)15-9-7-14(12-27)17(10-15)22(24,25)26;2*2-1-3/h4,6,8-13,20-21H,5,7H2,1,3H3,(H,26,29);4-5,8-13,20-21H,6-7H2,1,3H3,(H,26,29);2,4,6-11,19-20H,3,5H2,1H3;2-3,6-11,19-20H,4-5H2,1H3;2*2H/t2*20-,21-;2*19-,20-;;/m0011../s1. The molecule has 0 radical (unpaired) electrons. The first-order valence-electron chi connectivity index (χ1n) is 39.1. The van der Waals surface area contributed by atoms with Crippen molar-refractivity contribution in [1.82, 2.24) is 10.6 Å². The van der Waals surface area contributed by atoms with Crippen LogP contribution in [0.15, 0.2) is 194 Å². The first-order valence-corrected chi connectivity index (χ1v) is 39.1. The fraction of sp³-hybridized carbons (Fsp3) is 0.261. The van der Waals surface area contributed by atoms with Crippen LogP contribution in [0.25, 0.3) is 9.69 Å². The molecule has 8 aliphatic rings. The highest BCUT2D eigenvalue weighted by Gasteiger charge is 2.52. The van der Waals surface area contributed by atoms with Crippen LogP contribution in [0.5, 0.6) is 0 Å². The van der Waals surface area contributed by atoms with E-state index in [1.807, 2.05) is 56.4 Å². The van der Waals surface area contributed by atoms with Crippen LogP contribution in [0.2, 0.25) is 0 Å². The number of nitrogens with one attached hydrogen (secondary N) is 4. The number of carbonyl (C=O) groups excluding carboxylic acids is 8. The van der Waals surface area contributed by atoms with Gasteiger partial charge in [0.25, 0.3) is 11.8 Å². The predicted octanol–water partition coefficient (Wildman–Crippen LogP) is 20.1. The predicted molar refractivity (Wildman–Crippen MR) is 451 cm³/mol. The van der Waals surface area contributed by atoms with Crippen molar-refractivity contribution >= 4 is 105 Å². The highest BCUT2D eigenvalue weighted by Crippen LogP contribution is 2.47. The number of aryl methyl sites for hydroxylation is 4. The van der Waals surface area contributed by atoms with E-state index in [1.165, 1.54) is 82.2 Å². The molecule has 4 saturated heterocycles. The number of amides is 10. The van der Waals surface area contributed by atoms with Crippen molar-refractivity contribution in [3.63, 3.8) is 0 Å². The van der Waals surface area contributed by atoms with Crippen LogP contribution >= 0.6 is 0 Å². The van der Waals surface area contributed by atoms with E-state index in [2.05, 4.69) is 32.5 Å². The fourth-order valence-electron chi connectivity index (χ4n) is 16.6. The van der Waals surface area contributed by atoms with Crippen molar-refractivity contribution in [2.75, 3.05) is 53.3 Å². The highest BCUT2D eigenvalue weighted by atomic mass is 19.4. The topological polar surface area (TPSA) is 291 Å². The lowest BCUT2D eigenvalue weighted by Gasteiger charge is -2.29. The zero-order chi connectivity index (χ0) is 91.5. The van der Waals surface area contributed by atoms with E-state index >= 15 is 0 Å². The molecule has 16 rings (SSSR count). The summed E-state index contributed by atoms with van der Waals surface area (Å²) in [4.78, 5) is 113. The summed E-state index contributed by atoms with van der Waals surface area (Å²) in [5, 5.41) is 33.7. The van der Waals surface area contributed by atoms with Gasteiger partial charge >= 0.3 is 36.5 Å². The normalized spacial score (nSPS) is 19.7. The number of fused-ring (bicyclic) bond motifs is 4. The Morgan fingerprint density at radius 3 is 0.960 bits per heavy atom. The van der Waals surface area contributed by atoms with Gasteiger partial charge in [-0.25, -0.2) is 66.8 Å². The molecule has 0 aromatic heterocycles. The van der Waals surface area contributed by atoms with Crippen LogP contribution < -0.4 is 49.8 Å². The summed E-state index contributed by atoms with van der Waals surface area (Å²) < 4.78 is 138. The average molecular weight is 1730 g/mol. The molecule has 4 fully saturated rings. The Balaban J connectivity index is 0.000000160. The Kier molecular flexibility index (Phi) is 28.2. The van der Waals surface area contributed by atoms with E-state index in [1.54, 1.807) is 112 Å². The van der Waals surface area contributed by atoms with E-state index in [4.69, 9.17) is 44.1 Å². The molecule has 4 N–H and O–H groups in total. The van der Waals surface area contributed by atoms with Gasteiger partial charge in [-0.15, -0.1) is 0 Å². The molecule has 0 saturated carbocycles. The highest BCUT2D eigenvalue weighted by molar-refractivity contribution is 6.11. The maximum atomic E-state index is 14.6. The number of nitrogens with zero attached hydrogens (tertiary/aromatic N) is 12. The average Bonchev–Trinajstić information content (AvgIpc) is 1.61. The lowest BCUT2D eigenvalue weighted by atomic mass is 9.94. The smallest absolute Gasteiger partial charge is 0.355 e. The van der Waals surface area contributed by atoms with Gasteiger partial charge in [0.1, 0.15) is 23.3 Å². The third kappa shape index (κ3) is 18.6. The van der Waals surface area contributed by atoms with Crippen molar-refractivity contribution in [1.29, 1.82) is 21.3 Å². The first-order chi connectivity index (χ1) is 60.2. The van der Waals surface area contributed by atoms with Gasteiger partial charge in [0.15, 0.2) is 11.4 Å². The van der Waals surface area contributed by atoms with E-state index in [0.29, 0.717) is 89.5 Å². The van der Waals surface area contributed by atoms with E-state index in [9.17, 15) is 72.7 Å². The lowest BCUT2D eigenvalue weighted by molar-refractivity contribution is -0.138. The summed E-state index contributed by atoms with van der Waals surface area (Å²) in [5.74, 6) is -3.28. The molecule has 8 aromatic carbocycles. The largest absolute Gasteiger partial charge is 0.417 e. The third-order valence-electron chi connectivity index (χ3n) is 22.5. The summed E-state index contributed by atoms with van der Waals surface area (Å²) in [5.41, 5.74) is 3.36. The number of isocyanates is 2. The summed E-state index contributed by atoms with van der Waals surface area (Å²) in [7, 11) is 2.88. The summed E-state index contributed by atoms with van der Waals surface area (Å²) in [6.45, 7) is 21.4. The number of halogens is 10. The molecule has 10 amide bonds. The summed E-state index contributed by atoms with van der Waals surface area (Å²) in [6.07, 6.45) is 12.9. The number of hydrogen-bond acceptors (Lipinski definition) is 12. The molecule has 4 aliphatic heterocycles. The zero-order valence-corrected chi connectivity index (χ0v) is 68.2. The number of benzene rings is 8. The van der Waals surface area contributed by atoms with Crippen LogP contribution in [-0.4, -0.2) is 111 Å². The number of alkyl halides is 6. The zero-order valence-electron chi connectivity index (χ0n) is 68.2. The van der Waals surface area contributed by atoms with Crippen molar-refractivity contribution in [2.24, 2.45) is 0 Å². The molecule has 4 aliphatic carbocycles. The van der Waals surface area contributed by atoms with Gasteiger partial charge in [0, 0.05) is 59.6 Å². The molecule has 644 valence electrons. The van der Waals surface area contributed by atoms with Crippen LogP contribution in [0.4, 0.5) is 120 Å².